The molecule has 1 aromatic carbocycles. The summed E-state index contributed by atoms with van der Waals surface area (Å²) < 4.78 is 0. The van der Waals surface area contributed by atoms with Crippen molar-refractivity contribution in [3.63, 3.8) is 0 Å². The summed E-state index contributed by atoms with van der Waals surface area (Å²) >= 11 is 0. The number of carboxylic acids is 1. The number of rotatable bonds is 6. The number of carbonyl (C=O) groups excluding carboxylic acids is 1. The highest BCUT2D eigenvalue weighted by atomic mass is 16.4. The largest absolute Gasteiger partial charge is 0.507 e. The van der Waals surface area contributed by atoms with E-state index in [-0.39, 0.29) is 23.7 Å². The zero-order valence-corrected chi connectivity index (χ0v) is 16.2. The standard InChI is InChI=1S/C20H21N5O4/c1-20(2,18(28)29)11-12-4-5-14(15(26)10-12)17(27)25(3)19-22-16(23-24-19)13-6-8-21-9-7-13/h4-10,26H,11H2,1-3H3,(H,28,29)(H,22,23,24). The quantitative estimate of drug-likeness (QED) is 0.584. The highest BCUT2D eigenvalue weighted by molar-refractivity contribution is 6.06. The van der Waals surface area contributed by atoms with E-state index in [0.29, 0.717) is 11.4 Å². The maximum Gasteiger partial charge on any atom is 0.309 e. The number of nitrogens with zero attached hydrogens (tertiary/aromatic N) is 4. The lowest BCUT2D eigenvalue weighted by molar-refractivity contribution is -0.146. The Kier molecular flexibility index (Phi) is 5.31. The summed E-state index contributed by atoms with van der Waals surface area (Å²) in [5, 5.41) is 26.4. The molecule has 9 heteroatoms. The lowest BCUT2D eigenvalue weighted by Gasteiger charge is -2.20. The van der Waals surface area contributed by atoms with Crippen molar-refractivity contribution in [2.24, 2.45) is 5.41 Å². The van der Waals surface area contributed by atoms with E-state index in [2.05, 4.69) is 20.2 Å². The van der Waals surface area contributed by atoms with Gasteiger partial charge in [-0.15, -0.1) is 5.10 Å². The van der Waals surface area contributed by atoms with E-state index in [9.17, 15) is 19.8 Å². The van der Waals surface area contributed by atoms with Crippen molar-refractivity contribution < 1.29 is 19.8 Å². The van der Waals surface area contributed by atoms with Crippen molar-refractivity contribution >= 4 is 17.8 Å². The molecular weight excluding hydrogens is 374 g/mol. The van der Waals surface area contributed by atoms with Crippen LogP contribution >= 0.6 is 0 Å². The molecule has 3 aromatic rings. The van der Waals surface area contributed by atoms with Gasteiger partial charge in [0.2, 0.25) is 0 Å². The molecule has 2 aromatic heterocycles. The second kappa shape index (κ2) is 7.70. The van der Waals surface area contributed by atoms with Gasteiger partial charge in [-0.2, -0.15) is 4.98 Å². The number of aromatic nitrogens is 4. The maximum absolute atomic E-state index is 12.8. The van der Waals surface area contributed by atoms with E-state index < -0.39 is 17.3 Å². The molecule has 0 unspecified atom stereocenters. The normalized spacial score (nSPS) is 11.3. The molecule has 0 spiro atoms. The van der Waals surface area contributed by atoms with E-state index in [1.54, 1.807) is 44.4 Å². The van der Waals surface area contributed by atoms with Gasteiger partial charge in [0.1, 0.15) is 5.75 Å². The van der Waals surface area contributed by atoms with Crippen LogP contribution in [0.15, 0.2) is 42.7 Å². The minimum atomic E-state index is -0.989. The van der Waals surface area contributed by atoms with Crippen LogP contribution in [0.4, 0.5) is 5.95 Å². The molecule has 1 amide bonds. The number of hydrogen-bond acceptors (Lipinski definition) is 6. The molecule has 0 saturated carbocycles. The van der Waals surface area contributed by atoms with Crippen LogP contribution in [0, 0.1) is 5.41 Å². The van der Waals surface area contributed by atoms with Gasteiger partial charge in [0, 0.05) is 25.0 Å². The SMILES string of the molecule is CN(C(=O)c1ccc(CC(C)(C)C(=O)O)cc1O)c1n[nH]c(-c2ccncc2)n1. The Labute approximate surface area is 167 Å². The Hall–Kier alpha value is -3.75. The summed E-state index contributed by atoms with van der Waals surface area (Å²) in [6, 6.07) is 8.03. The topological polar surface area (TPSA) is 132 Å². The van der Waals surface area contributed by atoms with E-state index in [1.807, 2.05) is 0 Å². The Balaban J connectivity index is 1.80. The second-order valence-electron chi connectivity index (χ2n) is 7.30. The average Bonchev–Trinajstić information content (AvgIpc) is 3.17. The molecule has 0 saturated heterocycles. The highest BCUT2D eigenvalue weighted by Crippen LogP contribution is 2.27. The highest BCUT2D eigenvalue weighted by Gasteiger charge is 2.28. The van der Waals surface area contributed by atoms with Crippen molar-refractivity contribution in [2.75, 3.05) is 11.9 Å². The van der Waals surface area contributed by atoms with Crippen molar-refractivity contribution in [1.82, 2.24) is 20.2 Å². The summed E-state index contributed by atoms with van der Waals surface area (Å²) in [5.41, 5.74) is 0.469. The lowest BCUT2D eigenvalue weighted by Crippen LogP contribution is -2.28. The summed E-state index contributed by atoms with van der Waals surface area (Å²) in [4.78, 5) is 33.5. The van der Waals surface area contributed by atoms with Gasteiger partial charge < -0.3 is 10.2 Å². The molecule has 0 aliphatic heterocycles. The predicted molar refractivity (Wildman–Crippen MR) is 106 cm³/mol. The third-order valence-corrected chi connectivity index (χ3v) is 4.55. The van der Waals surface area contributed by atoms with E-state index >= 15 is 0 Å². The summed E-state index contributed by atoms with van der Waals surface area (Å²) in [5.74, 6) is -1.03. The number of phenolic OH excluding ortho intramolecular Hbond substituents is 1. The van der Waals surface area contributed by atoms with Gasteiger partial charge in [0.25, 0.3) is 11.9 Å². The third kappa shape index (κ3) is 4.23. The number of carboxylic acid groups (broad SMARTS) is 1. The molecule has 0 atom stereocenters. The van der Waals surface area contributed by atoms with Gasteiger partial charge in [-0.05, 0) is 50.1 Å². The van der Waals surface area contributed by atoms with Crippen molar-refractivity contribution in [1.29, 1.82) is 0 Å². The van der Waals surface area contributed by atoms with Crippen molar-refractivity contribution in [2.45, 2.75) is 20.3 Å². The molecule has 3 N–H and O–H groups in total. The van der Waals surface area contributed by atoms with Crippen LogP contribution in [0.2, 0.25) is 0 Å². The van der Waals surface area contributed by atoms with Crippen LogP contribution in [-0.4, -0.2) is 49.3 Å². The van der Waals surface area contributed by atoms with E-state index in [1.165, 1.54) is 24.1 Å². The number of pyridine rings is 1. The smallest absolute Gasteiger partial charge is 0.309 e. The first-order valence-corrected chi connectivity index (χ1v) is 8.85. The third-order valence-electron chi connectivity index (χ3n) is 4.55. The Morgan fingerprint density at radius 2 is 1.86 bits per heavy atom. The first-order valence-electron chi connectivity index (χ1n) is 8.85. The van der Waals surface area contributed by atoms with Crippen LogP contribution in [0.25, 0.3) is 11.4 Å². The summed E-state index contributed by atoms with van der Waals surface area (Å²) in [6.07, 6.45) is 3.46. The van der Waals surface area contributed by atoms with Crippen LogP contribution in [-0.2, 0) is 11.2 Å². The number of carbonyl (C=O) groups is 2. The summed E-state index contributed by atoms with van der Waals surface area (Å²) in [7, 11) is 1.50. The van der Waals surface area contributed by atoms with Crippen LogP contribution in [0.1, 0.15) is 29.8 Å². The number of aliphatic carboxylic acids is 1. The van der Waals surface area contributed by atoms with Gasteiger partial charge in [-0.3, -0.25) is 24.6 Å². The summed E-state index contributed by atoms with van der Waals surface area (Å²) in [6.45, 7) is 3.20. The lowest BCUT2D eigenvalue weighted by atomic mass is 9.85. The maximum atomic E-state index is 12.8. The number of nitrogens with one attached hydrogen (secondary N) is 1. The number of anilines is 1. The monoisotopic (exact) mass is 395 g/mol. The second-order valence-corrected chi connectivity index (χ2v) is 7.30. The fourth-order valence-corrected chi connectivity index (χ4v) is 2.77. The minimum absolute atomic E-state index is 0.0691. The Morgan fingerprint density at radius 1 is 1.17 bits per heavy atom. The number of hydrogen-bond donors (Lipinski definition) is 3. The van der Waals surface area contributed by atoms with Crippen LogP contribution in [0.5, 0.6) is 5.75 Å². The fourth-order valence-electron chi connectivity index (χ4n) is 2.77. The molecule has 9 nitrogen and oxygen atoms in total. The first kappa shape index (κ1) is 20.0. The molecule has 29 heavy (non-hydrogen) atoms. The fraction of sp³-hybridized carbons (Fsp3) is 0.250. The average molecular weight is 395 g/mol. The van der Waals surface area contributed by atoms with E-state index in [4.69, 9.17) is 0 Å². The zero-order valence-electron chi connectivity index (χ0n) is 16.2. The Bertz CT molecular complexity index is 1050. The van der Waals surface area contributed by atoms with Gasteiger partial charge in [0.15, 0.2) is 5.82 Å². The minimum Gasteiger partial charge on any atom is -0.507 e. The van der Waals surface area contributed by atoms with Crippen molar-refractivity contribution in [3.8, 4) is 17.1 Å². The van der Waals surface area contributed by atoms with Crippen LogP contribution < -0.4 is 4.90 Å². The van der Waals surface area contributed by atoms with Gasteiger partial charge in [0.05, 0.1) is 11.0 Å². The number of phenols is 1. The molecule has 0 aliphatic rings. The van der Waals surface area contributed by atoms with Gasteiger partial charge in [-0.25, -0.2) is 0 Å². The molecule has 0 aliphatic carbocycles. The molecular formula is C20H21N5O4. The number of H-pyrrole nitrogens is 1. The van der Waals surface area contributed by atoms with Crippen LogP contribution in [0.3, 0.4) is 0 Å². The molecule has 2 heterocycles. The van der Waals surface area contributed by atoms with Gasteiger partial charge >= 0.3 is 5.97 Å². The first-order chi connectivity index (χ1) is 13.7. The number of aromatic amines is 1. The Morgan fingerprint density at radius 3 is 2.48 bits per heavy atom. The molecule has 150 valence electrons. The zero-order chi connectivity index (χ0) is 21.2. The number of benzene rings is 1. The van der Waals surface area contributed by atoms with Gasteiger partial charge in [-0.1, -0.05) is 6.07 Å². The molecule has 3 rings (SSSR count). The van der Waals surface area contributed by atoms with Crippen molar-refractivity contribution in [3.05, 3.63) is 53.9 Å². The molecule has 0 fully saturated rings. The molecule has 0 bridgehead atoms. The molecule has 0 radical (unpaired) electrons. The number of amides is 1. The number of aromatic hydroxyl groups is 1. The predicted octanol–water partition coefficient (Wildman–Crippen LogP) is 2.50. The van der Waals surface area contributed by atoms with E-state index in [0.717, 1.165) is 5.56 Å².